The molecule has 2 nitrogen and oxygen atoms in total. The van der Waals surface area contributed by atoms with Crippen LogP contribution in [0.5, 0.6) is 5.75 Å². The maximum atomic E-state index is 13.4. The molecular weight excluding hydrogens is 333 g/mol. The second kappa shape index (κ2) is 6.06. The van der Waals surface area contributed by atoms with Gasteiger partial charge in [0.05, 0.1) is 18.8 Å². The second-order valence-corrected chi connectivity index (χ2v) is 6.13. The summed E-state index contributed by atoms with van der Waals surface area (Å²) in [6.07, 6.45) is 3.24. The summed E-state index contributed by atoms with van der Waals surface area (Å²) in [7, 11) is 1.68. The van der Waals surface area contributed by atoms with Gasteiger partial charge in [-0.3, -0.25) is 0 Å². The van der Waals surface area contributed by atoms with Crippen molar-refractivity contribution in [3.8, 4) is 5.75 Å². The fraction of sp³-hybridized carbons (Fsp3) is 0.294. The van der Waals surface area contributed by atoms with Crippen LogP contribution in [0, 0.1) is 5.82 Å². The van der Waals surface area contributed by atoms with E-state index in [4.69, 9.17) is 4.74 Å². The predicted octanol–water partition coefficient (Wildman–Crippen LogP) is 5.09. The van der Waals surface area contributed by atoms with Gasteiger partial charge in [-0.2, -0.15) is 0 Å². The highest BCUT2D eigenvalue weighted by Gasteiger charge is 2.21. The van der Waals surface area contributed by atoms with Gasteiger partial charge in [0.15, 0.2) is 0 Å². The van der Waals surface area contributed by atoms with E-state index in [2.05, 4.69) is 33.4 Å². The molecule has 0 saturated carbocycles. The monoisotopic (exact) mass is 349 g/mol. The van der Waals surface area contributed by atoms with Crippen molar-refractivity contribution >= 4 is 21.6 Å². The van der Waals surface area contributed by atoms with E-state index in [9.17, 15) is 4.39 Å². The molecule has 3 rings (SSSR count). The summed E-state index contributed by atoms with van der Waals surface area (Å²) in [4.78, 5) is 0. The van der Waals surface area contributed by atoms with Crippen LogP contribution in [0.2, 0.25) is 0 Å². The van der Waals surface area contributed by atoms with Crippen molar-refractivity contribution in [2.45, 2.75) is 25.3 Å². The topological polar surface area (TPSA) is 21.3 Å². The molecule has 0 bridgehead atoms. The third-order valence-electron chi connectivity index (χ3n) is 3.93. The smallest absolute Gasteiger partial charge is 0.125 e. The molecule has 1 aliphatic rings. The Hall–Kier alpha value is -1.55. The number of aryl methyl sites for hydroxylation is 1. The van der Waals surface area contributed by atoms with Crippen LogP contribution in [0.15, 0.2) is 40.9 Å². The average Bonchev–Trinajstić information content (AvgIpc) is 2.51. The molecule has 21 heavy (non-hydrogen) atoms. The van der Waals surface area contributed by atoms with Crippen LogP contribution in [0.3, 0.4) is 0 Å². The van der Waals surface area contributed by atoms with Crippen molar-refractivity contribution in [2.75, 3.05) is 12.4 Å². The number of ether oxygens (including phenoxy) is 1. The molecule has 0 radical (unpaired) electrons. The Bertz CT molecular complexity index is 659. The highest BCUT2D eigenvalue weighted by Crippen LogP contribution is 2.36. The molecular formula is C17H17BrFNO. The van der Waals surface area contributed by atoms with Gasteiger partial charge in [0.1, 0.15) is 11.6 Å². The molecule has 1 aliphatic carbocycles. The van der Waals surface area contributed by atoms with E-state index < -0.39 is 0 Å². The number of hydrogen-bond donors (Lipinski definition) is 1. The number of fused-ring (bicyclic) bond motifs is 1. The van der Waals surface area contributed by atoms with E-state index in [0.29, 0.717) is 0 Å². The zero-order chi connectivity index (χ0) is 14.8. The second-order valence-electron chi connectivity index (χ2n) is 5.28. The third kappa shape index (κ3) is 3.05. The van der Waals surface area contributed by atoms with Crippen LogP contribution in [0.1, 0.15) is 30.0 Å². The maximum absolute atomic E-state index is 13.4. The number of methoxy groups -OCH3 is 1. The normalized spacial score (nSPS) is 17.2. The number of halogens is 2. The van der Waals surface area contributed by atoms with Crippen molar-refractivity contribution in [2.24, 2.45) is 0 Å². The third-order valence-corrected chi connectivity index (χ3v) is 4.62. The lowest BCUT2D eigenvalue weighted by Crippen LogP contribution is -2.17. The van der Waals surface area contributed by atoms with E-state index in [1.807, 2.05) is 6.07 Å². The van der Waals surface area contributed by atoms with E-state index >= 15 is 0 Å². The first-order chi connectivity index (χ1) is 10.2. The summed E-state index contributed by atoms with van der Waals surface area (Å²) >= 11 is 3.47. The van der Waals surface area contributed by atoms with Gasteiger partial charge in [0, 0.05) is 4.47 Å². The lowest BCUT2D eigenvalue weighted by atomic mass is 9.87. The van der Waals surface area contributed by atoms with Crippen LogP contribution < -0.4 is 10.1 Å². The van der Waals surface area contributed by atoms with E-state index in [0.717, 1.165) is 35.2 Å². The van der Waals surface area contributed by atoms with Crippen LogP contribution in [0.25, 0.3) is 0 Å². The van der Waals surface area contributed by atoms with Gasteiger partial charge in [0.25, 0.3) is 0 Å². The van der Waals surface area contributed by atoms with Gasteiger partial charge in [0.2, 0.25) is 0 Å². The molecule has 1 atom stereocenters. The summed E-state index contributed by atoms with van der Waals surface area (Å²) in [5.74, 6) is 0.628. The molecule has 110 valence electrons. The molecule has 0 aliphatic heterocycles. The van der Waals surface area contributed by atoms with Crippen molar-refractivity contribution in [1.29, 1.82) is 0 Å². The van der Waals surface area contributed by atoms with Gasteiger partial charge < -0.3 is 10.1 Å². The Balaban J connectivity index is 1.92. The molecule has 0 fully saturated rings. The van der Waals surface area contributed by atoms with Crippen LogP contribution in [0.4, 0.5) is 10.1 Å². The van der Waals surface area contributed by atoms with Gasteiger partial charge in [-0.1, -0.05) is 6.07 Å². The SMILES string of the molecule is COc1ccc2c(c1)C(Nc1cc(F)ccc1Br)CCC2. The Kier molecular flexibility index (Phi) is 4.15. The Labute approximate surface area is 132 Å². The highest BCUT2D eigenvalue weighted by molar-refractivity contribution is 9.10. The summed E-state index contributed by atoms with van der Waals surface area (Å²) < 4.78 is 19.6. The first-order valence-corrected chi connectivity index (χ1v) is 7.85. The van der Waals surface area contributed by atoms with Crippen molar-refractivity contribution in [3.05, 3.63) is 57.8 Å². The molecule has 0 spiro atoms. The lowest BCUT2D eigenvalue weighted by molar-refractivity contribution is 0.413. The summed E-state index contributed by atoms with van der Waals surface area (Å²) in [5, 5.41) is 3.46. The molecule has 2 aromatic rings. The largest absolute Gasteiger partial charge is 0.497 e. The fourth-order valence-electron chi connectivity index (χ4n) is 2.85. The summed E-state index contributed by atoms with van der Waals surface area (Å²) in [6, 6.07) is 11.1. The average molecular weight is 350 g/mol. The van der Waals surface area contributed by atoms with Gasteiger partial charge in [-0.05, 0) is 76.7 Å². The zero-order valence-corrected chi connectivity index (χ0v) is 13.4. The minimum absolute atomic E-state index is 0.182. The van der Waals surface area contributed by atoms with E-state index in [1.54, 1.807) is 13.2 Å². The lowest BCUT2D eigenvalue weighted by Gasteiger charge is -2.28. The highest BCUT2D eigenvalue weighted by atomic mass is 79.9. The molecule has 2 aromatic carbocycles. The Morgan fingerprint density at radius 3 is 2.90 bits per heavy atom. The summed E-state index contributed by atoms with van der Waals surface area (Å²) in [5.41, 5.74) is 3.37. The Morgan fingerprint density at radius 2 is 2.10 bits per heavy atom. The number of nitrogens with one attached hydrogen (secondary N) is 1. The first kappa shape index (κ1) is 14.4. The van der Waals surface area contributed by atoms with Gasteiger partial charge in [-0.25, -0.2) is 4.39 Å². The van der Waals surface area contributed by atoms with Crippen molar-refractivity contribution < 1.29 is 9.13 Å². The Morgan fingerprint density at radius 1 is 1.24 bits per heavy atom. The van der Waals surface area contributed by atoms with Crippen molar-refractivity contribution in [1.82, 2.24) is 0 Å². The first-order valence-electron chi connectivity index (χ1n) is 7.06. The molecule has 1 N–H and O–H groups in total. The fourth-order valence-corrected chi connectivity index (χ4v) is 3.21. The van der Waals surface area contributed by atoms with Crippen LogP contribution in [-0.2, 0) is 6.42 Å². The van der Waals surface area contributed by atoms with Gasteiger partial charge >= 0.3 is 0 Å². The number of anilines is 1. The zero-order valence-electron chi connectivity index (χ0n) is 11.8. The van der Waals surface area contributed by atoms with E-state index in [-0.39, 0.29) is 11.9 Å². The molecule has 1 unspecified atom stereocenters. The minimum atomic E-state index is -0.234. The van der Waals surface area contributed by atoms with Crippen LogP contribution >= 0.6 is 15.9 Å². The van der Waals surface area contributed by atoms with Crippen molar-refractivity contribution in [3.63, 3.8) is 0 Å². The summed E-state index contributed by atoms with van der Waals surface area (Å²) in [6.45, 7) is 0. The van der Waals surface area contributed by atoms with Crippen LogP contribution in [-0.4, -0.2) is 7.11 Å². The van der Waals surface area contributed by atoms with Gasteiger partial charge in [-0.15, -0.1) is 0 Å². The van der Waals surface area contributed by atoms with E-state index in [1.165, 1.54) is 23.3 Å². The number of benzene rings is 2. The quantitative estimate of drug-likeness (QED) is 0.833. The predicted molar refractivity (Wildman–Crippen MR) is 86.4 cm³/mol. The molecule has 0 heterocycles. The molecule has 0 amide bonds. The maximum Gasteiger partial charge on any atom is 0.125 e. The number of hydrogen-bond acceptors (Lipinski definition) is 2. The molecule has 0 saturated heterocycles. The number of rotatable bonds is 3. The molecule has 0 aromatic heterocycles. The standard InChI is InChI=1S/C17H17BrFNO/c1-21-13-7-5-11-3-2-4-16(14(11)10-13)20-17-9-12(19)6-8-15(17)18/h5-10,16,20H,2-4H2,1H3. The minimum Gasteiger partial charge on any atom is -0.497 e. The molecule has 4 heteroatoms.